The molecule has 0 aliphatic carbocycles. The quantitative estimate of drug-likeness (QED) is 0.884. The fourth-order valence-corrected chi connectivity index (χ4v) is 2.36. The summed E-state index contributed by atoms with van der Waals surface area (Å²) in [5, 5.41) is 6.11. The summed E-state index contributed by atoms with van der Waals surface area (Å²) in [6.45, 7) is 5.91. The lowest BCUT2D eigenvalue weighted by Gasteiger charge is -2.17. The van der Waals surface area contributed by atoms with Crippen LogP contribution in [0.2, 0.25) is 0 Å². The van der Waals surface area contributed by atoms with Crippen LogP contribution in [0.3, 0.4) is 0 Å². The average molecular weight is 298 g/mol. The number of carbonyl (C=O) groups excluding carboxylic acids is 1. The van der Waals surface area contributed by atoms with Crippen LogP contribution in [-0.4, -0.2) is 19.1 Å². The van der Waals surface area contributed by atoms with Gasteiger partial charge in [0.25, 0.3) is 0 Å². The van der Waals surface area contributed by atoms with E-state index >= 15 is 0 Å². The van der Waals surface area contributed by atoms with Gasteiger partial charge in [0.1, 0.15) is 11.8 Å². The van der Waals surface area contributed by atoms with E-state index in [0.29, 0.717) is 11.4 Å². The minimum absolute atomic E-state index is 0.108. The van der Waals surface area contributed by atoms with E-state index in [1.807, 2.05) is 57.2 Å². The van der Waals surface area contributed by atoms with Gasteiger partial charge in [-0.1, -0.05) is 18.2 Å². The van der Waals surface area contributed by atoms with Gasteiger partial charge in [-0.25, -0.2) is 0 Å². The summed E-state index contributed by atoms with van der Waals surface area (Å²) < 4.78 is 5.24. The second-order valence-corrected chi connectivity index (χ2v) is 5.43. The molecule has 2 rings (SSSR count). The van der Waals surface area contributed by atoms with Crippen LogP contribution in [0, 0.1) is 13.8 Å². The highest BCUT2D eigenvalue weighted by Gasteiger charge is 2.14. The van der Waals surface area contributed by atoms with Crippen molar-refractivity contribution in [1.29, 1.82) is 0 Å². The molecule has 0 aliphatic heterocycles. The fourth-order valence-electron chi connectivity index (χ4n) is 2.36. The van der Waals surface area contributed by atoms with Crippen molar-refractivity contribution in [3.8, 4) is 5.75 Å². The van der Waals surface area contributed by atoms with Crippen LogP contribution in [0.15, 0.2) is 42.5 Å². The third-order valence-corrected chi connectivity index (χ3v) is 3.36. The topological polar surface area (TPSA) is 50.4 Å². The van der Waals surface area contributed by atoms with Gasteiger partial charge in [-0.15, -0.1) is 0 Å². The van der Waals surface area contributed by atoms with Gasteiger partial charge in [0, 0.05) is 5.69 Å². The minimum atomic E-state index is -0.355. The summed E-state index contributed by atoms with van der Waals surface area (Å²) in [4.78, 5) is 12.3. The predicted octanol–water partition coefficient (Wildman–Crippen LogP) is 3.75. The monoisotopic (exact) mass is 298 g/mol. The molecule has 116 valence electrons. The van der Waals surface area contributed by atoms with E-state index in [-0.39, 0.29) is 11.9 Å². The Labute approximate surface area is 131 Å². The Balaban J connectivity index is 2.06. The van der Waals surface area contributed by atoms with E-state index in [0.717, 1.165) is 5.69 Å². The van der Waals surface area contributed by atoms with Crippen molar-refractivity contribution >= 4 is 17.3 Å². The van der Waals surface area contributed by atoms with Gasteiger partial charge >= 0.3 is 0 Å². The molecule has 0 spiro atoms. The molecule has 22 heavy (non-hydrogen) atoms. The number of hydrogen-bond donors (Lipinski definition) is 2. The Kier molecular flexibility index (Phi) is 5.04. The van der Waals surface area contributed by atoms with Crippen molar-refractivity contribution in [2.75, 3.05) is 17.7 Å². The molecule has 0 saturated carbocycles. The van der Waals surface area contributed by atoms with Gasteiger partial charge in [0.15, 0.2) is 0 Å². The molecular formula is C18H22N2O2. The molecule has 2 aromatic carbocycles. The van der Waals surface area contributed by atoms with E-state index in [1.165, 1.54) is 11.1 Å². The lowest BCUT2D eigenvalue weighted by atomic mass is 10.1. The molecule has 0 bridgehead atoms. The van der Waals surface area contributed by atoms with Crippen LogP contribution in [0.5, 0.6) is 5.75 Å². The second kappa shape index (κ2) is 6.98. The number of amides is 1. The maximum Gasteiger partial charge on any atom is 0.246 e. The molecule has 4 heteroatoms. The van der Waals surface area contributed by atoms with E-state index in [1.54, 1.807) is 7.11 Å². The zero-order chi connectivity index (χ0) is 16.1. The molecule has 0 fully saturated rings. The number of carbonyl (C=O) groups is 1. The smallest absolute Gasteiger partial charge is 0.246 e. The summed E-state index contributed by atoms with van der Waals surface area (Å²) in [5.41, 5.74) is 3.95. The summed E-state index contributed by atoms with van der Waals surface area (Å²) in [5.74, 6) is 0.540. The van der Waals surface area contributed by atoms with Crippen molar-refractivity contribution in [2.24, 2.45) is 0 Å². The Morgan fingerprint density at radius 1 is 1.09 bits per heavy atom. The highest BCUT2D eigenvalue weighted by Crippen LogP contribution is 2.23. The highest BCUT2D eigenvalue weighted by molar-refractivity contribution is 5.97. The summed E-state index contributed by atoms with van der Waals surface area (Å²) >= 11 is 0. The van der Waals surface area contributed by atoms with Crippen LogP contribution in [0.25, 0.3) is 0 Å². The van der Waals surface area contributed by atoms with E-state index in [2.05, 4.69) is 16.7 Å². The number of anilines is 2. The largest absolute Gasteiger partial charge is 0.495 e. The number of rotatable bonds is 5. The first-order valence-electron chi connectivity index (χ1n) is 7.28. The van der Waals surface area contributed by atoms with Crippen LogP contribution >= 0.6 is 0 Å². The number of aryl methyl sites for hydroxylation is 2. The SMILES string of the molecule is COc1ccccc1NC(=O)C(C)Nc1cc(C)cc(C)c1. The molecular weight excluding hydrogens is 276 g/mol. The number of nitrogens with one attached hydrogen (secondary N) is 2. The number of methoxy groups -OCH3 is 1. The van der Waals surface area contributed by atoms with E-state index in [9.17, 15) is 4.79 Å². The lowest BCUT2D eigenvalue weighted by molar-refractivity contribution is -0.116. The van der Waals surface area contributed by atoms with E-state index < -0.39 is 0 Å². The van der Waals surface area contributed by atoms with Crippen LogP contribution in [-0.2, 0) is 4.79 Å². The molecule has 2 N–H and O–H groups in total. The molecule has 0 saturated heterocycles. The van der Waals surface area contributed by atoms with Crippen LogP contribution in [0.4, 0.5) is 11.4 Å². The highest BCUT2D eigenvalue weighted by atomic mass is 16.5. The maximum absolute atomic E-state index is 12.3. The Morgan fingerprint density at radius 2 is 1.73 bits per heavy atom. The number of ether oxygens (including phenoxy) is 1. The van der Waals surface area contributed by atoms with Gasteiger partial charge in [0.2, 0.25) is 5.91 Å². The number of para-hydroxylation sites is 2. The van der Waals surface area contributed by atoms with Gasteiger partial charge in [0.05, 0.1) is 12.8 Å². The van der Waals surface area contributed by atoms with Crippen molar-refractivity contribution < 1.29 is 9.53 Å². The molecule has 0 aromatic heterocycles. The average Bonchev–Trinajstić information content (AvgIpc) is 2.46. The van der Waals surface area contributed by atoms with E-state index in [4.69, 9.17) is 4.74 Å². The minimum Gasteiger partial charge on any atom is -0.495 e. The molecule has 4 nitrogen and oxygen atoms in total. The zero-order valence-corrected chi connectivity index (χ0v) is 13.4. The predicted molar refractivity (Wildman–Crippen MR) is 90.6 cm³/mol. The third kappa shape index (κ3) is 4.01. The van der Waals surface area contributed by atoms with Crippen molar-refractivity contribution in [2.45, 2.75) is 26.8 Å². The molecule has 0 aliphatic rings. The Morgan fingerprint density at radius 3 is 2.36 bits per heavy atom. The van der Waals surface area contributed by atoms with Crippen molar-refractivity contribution in [3.63, 3.8) is 0 Å². The fraction of sp³-hybridized carbons (Fsp3) is 0.278. The first kappa shape index (κ1) is 15.9. The lowest BCUT2D eigenvalue weighted by Crippen LogP contribution is -2.32. The van der Waals surface area contributed by atoms with Crippen molar-refractivity contribution in [3.05, 3.63) is 53.6 Å². The molecule has 2 aromatic rings. The maximum atomic E-state index is 12.3. The molecule has 0 radical (unpaired) electrons. The summed E-state index contributed by atoms with van der Waals surface area (Å²) in [6.07, 6.45) is 0. The summed E-state index contributed by atoms with van der Waals surface area (Å²) in [6, 6.07) is 13.2. The zero-order valence-electron chi connectivity index (χ0n) is 13.4. The Bertz CT molecular complexity index is 648. The van der Waals surface area contributed by atoms with Gasteiger partial charge in [-0.3, -0.25) is 4.79 Å². The molecule has 0 heterocycles. The normalized spacial score (nSPS) is 11.6. The van der Waals surface area contributed by atoms with Gasteiger partial charge < -0.3 is 15.4 Å². The molecule has 1 atom stereocenters. The number of hydrogen-bond acceptors (Lipinski definition) is 3. The first-order valence-corrected chi connectivity index (χ1v) is 7.28. The van der Waals surface area contributed by atoms with Crippen LogP contribution < -0.4 is 15.4 Å². The third-order valence-electron chi connectivity index (χ3n) is 3.36. The molecule has 1 amide bonds. The molecule has 1 unspecified atom stereocenters. The second-order valence-electron chi connectivity index (χ2n) is 5.43. The van der Waals surface area contributed by atoms with Gasteiger partial charge in [-0.2, -0.15) is 0 Å². The number of benzene rings is 2. The standard InChI is InChI=1S/C18H22N2O2/c1-12-9-13(2)11-15(10-12)19-14(3)18(21)20-16-7-5-6-8-17(16)22-4/h5-11,14,19H,1-4H3,(H,20,21). The van der Waals surface area contributed by atoms with Crippen LogP contribution in [0.1, 0.15) is 18.1 Å². The summed E-state index contributed by atoms with van der Waals surface area (Å²) in [7, 11) is 1.59. The Hall–Kier alpha value is -2.49. The van der Waals surface area contributed by atoms with Crippen molar-refractivity contribution in [1.82, 2.24) is 0 Å². The first-order chi connectivity index (χ1) is 10.5. The van der Waals surface area contributed by atoms with Gasteiger partial charge in [-0.05, 0) is 56.2 Å².